The van der Waals surface area contributed by atoms with Crippen molar-refractivity contribution in [1.82, 2.24) is 9.78 Å². The van der Waals surface area contributed by atoms with Crippen LogP contribution in [0.3, 0.4) is 0 Å². The van der Waals surface area contributed by atoms with Crippen LogP contribution in [-0.2, 0) is 0 Å². The lowest BCUT2D eigenvalue weighted by atomic mass is 10.4. The fraction of sp³-hybridized carbons (Fsp3) is 0.429. The van der Waals surface area contributed by atoms with Gasteiger partial charge < -0.3 is 4.90 Å². The van der Waals surface area contributed by atoms with E-state index < -0.39 is 0 Å². The lowest BCUT2D eigenvalue weighted by Crippen LogP contribution is -2.24. The largest absolute Gasteiger partial charge is 0.320 e. The van der Waals surface area contributed by atoms with E-state index >= 15 is 0 Å². The maximum Gasteiger partial charge on any atom is 0.175 e. The Morgan fingerprint density at radius 3 is 2.85 bits per heavy atom. The van der Waals surface area contributed by atoms with Crippen LogP contribution in [0.25, 0.3) is 5.70 Å². The lowest BCUT2D eigenvalue weighted by molar-refractivity contribution is 0.896. The maximum absolute atomic E-state index is 6.24. The van der Waals surface area contributed by atoms with E-state index in [4.69, 9.17) is 11.6 Å². The zero-order chi connectivity index (χ0) is 15.1. The van der Waals surface area contributed by atoms with Crippen LogP contribution in [0.5, 0.6) is 0 Å². The third kappa shape index (κ3) is 4.15. The Hall–Kier alpha value is -1.20. The number of allylic oxidation sites excluding steroid dienone is 3. The molecule has 6 heteroatoms. The van der Waals surface area contributed by atoms with E-state index in [0.717, 1.165) is 28.8 Å². The summed E-state index contributed by atoms with van der Waals surface area (Å²) in [5, 5.41) is 5.72. The van der Waals surface area contributed by atoms with Gasteiger partial charge in [-0.3, -0.25) is 4.99 Å². The molecular weight excluding hydrogens is 292 g/mol. The standard InChI is InChI=1S/C14H21ClN4S/c1-6-9-11(4)19-10-12(13(15)17-19)18(5)14(16-7-2)20-8-3/h6,9-10H,1,7-8H2,2-5H3. The van der Waals surface area contributed by atoms with Gasteiger partial charge in [0, 0.05) is 19.3 Å². The van der Waals surface area contributed by atoms with Crippen LogP contribution in [0.15, 0.2) is 29.9 Å². The number of rotatable bonds is 5. The first-order valence-electron chi connectivity index (χ1n) is 6.50. The zero-order valence-electron chi connectivity index (χ0n) is 12.4. The highest BCUT2D eigenvalue weighted by Crippen LogP contribution is 2.27. The van der Waals surface area contributed by atoms with E-state index in [1.165, 1.54) is 0 Å². The molecule has 1 aromatic heterocycles. The second-order valence-corrected chi connectivity index (χ2v) is 5.63. The minimum absolute atomic E-state index is 0.463. The molecule has 0 spiro atoms. The van der Waals surface area contributed by atoms with Crippen molar-refractivity contribution >= 4 is 39.9 Å². The minimum Gasteiger partial charge on any atom is -0.320 e. The molecule has 0 atom stereocenters. The molecule has 1 heterocycles. The van der Waals surface area contributed by atoms with Gasteiger partial charge in [-0.15, -0.1) is 0 Å². The number of hydrogen-bond donors (Lipinski definition) is 0. The normalized spacial score (nSPS) is 12.7. The predicted octanol–water partition coefficient (Wildman–Crippen LogP) is 4.15. The Morgan fingerprint density at radius 2 is 2.30 bits per heavy atom. The lowest BCUT2D eigenvalue weighted by Gasteiger charge is -2.18. The number of amidine groups is 1. The van der Waals surface area contributed by atoms with Crippen molar-refractivity contribution in [3.05, 3.63) is 30.1 Å². The molecule has 0 aliphatic carbocycles. The van der Waals surface area contributed by atoms with Crippen molar-refractivity contribution in [2.45, 2.75) is 20.8 Å². The van der Waals surface area contributed by atoms with Crippen molar-refractivity contribution in [3.8, 4) is 0 Å². The summed E-state index contributed by atoms with van der Waals surface area (Å²) in [6.45, 7) is 10.5. The van der Waals surface area contributed by atoms with Crippen LogP contribution >= 0.6 is 23.4 Å². The molecule has 0 N–H and O–H groups in total. The first-order valence-corrected chi connectivity index (χ1v) is 7.87. The quantitative estimate of drug-likeness (QED) is 0.465. The van der Waals surface area contributed by atoms with E-state index in [9.17, 15) is 0 Å². The molecule has 1 aromatic rings. The molecule has 0 amide bonds. The highest BCUT2D eigenvalue weighted by atomic mass is 35.5. The average molecular weight is 313 g/mol. The molecule has 4 nitrogen and oxygen atoms in total. The van der Waals surface area contributed by atoms with E-state index in [1.54, 1.807) is 22.5 Å². The Labute approximate surface area is 130 Å². The summed E-state index contributed by atoms with van der Waals surface area (Å²) < 4.78 is 1.75. The fourth-order valence-electron chi connectivity index (χ4n) is 1.61. The number of anilines is 1. The average Bonchev–Trinajstić information content (AvgIpc) is 2.80. The van der Waals surface area contributed by atoms with Crippen LogP contribution in [0.1, 0.15) is 20.8 Å². The highest BCUT2D eigenvalue weighted by molar-refractivity contribution is 8.14. The second-order valence-electron chi connectivity index (χ2n) is 4.04. The molecule has 1 rings (SSSR count). The summed E-state index contributed by atoms with van der Waals surface area (Å²) in [6, 6.07) is 0. The molecule has 0 saturated heterocycles. The zero-order valence-corrected chi connectivity index (χ0v) is 14.0. The number of aromatic nitrogens is 2. The Bertz CT molecular complexity index is 519. The number of nitrogens with zero attached hydrogens (tertiary/aromatic N) is 4. The van der Waals surface area contributed by atoms with Gasteiger partial charge in [0.25, 0.3) is 0 Å². The minimum atomic E-state index is 0.463. The number of thioether (sulfide) groups is 1. The fourth-order valence-corrected chi connectivity index (χ4v) is 2.64. The van der Waals surface area contributed by atoms with Crippen molar-refractivity contribution in [2.75, 3.05) is 24.2 Å². The van der Waals surface area contributed by atoms with Gasteiger partial charge in [-0.1, -0.05) is 42.9 Å². The second kappa shape index (κ2) is 8.17. The van der Waals surface area contributed by atoms with Crippen LogP contribution in [0.4, 0.5) is 5.69 Å². The predicted molar refractivity (Wildman–Crippen MR) is 91.9 cm³/mol. The molecular formula is C14H21ClN4S. The summed E-state index contributed by atoms with van der Waals surface area (Å²) in [4.78, 5) is 6.48. The topological polar surface area (TPSA) is 33.4 Å². The summed E-state index contributed by atoms with van der Waals surface area (Å²) in [5.41, 5.74) is 1.80. The molecule has 0 unspecified atom stereocenters. The summed E-state index contributed by atoms with van der Waals surface area (Å²) in [6.07, 6.45) is 5.51. The van der Waals surface area contributed by atoms with E-state index in [1.807, 2.05) is 38.1 Å². The SMILES string of the molecule is C=CC=C(C)n1cc(N(C)C(=NCC)SCC)c(Cl)n1. The van der Waals surface area contributed by atoms with Gasteiger partial charge in [0.05, 0.1) is 6.20 Å². The van der Waals surface area contributed by atoms with Gasteiger partial charge in [0.15, 0.2) is 10.3 Å². The van der Waals surface area contributed by atoms with E-state index in [2.05, 4.69) is 23.6 Å². The van der Waals surface area contributed by atoms with Crippen LogP contribution in [-0.4, -0.2) is 34.3 Å². The Balaban J connectivity index is 3.10. The third-order valence-electron chi connectivity index (χ3n) is 2.59. The first kappa shape index (κ1) is 16.9. The molecule has 110 valence electrons. The van der Waals surface area contributed by atoms with E-state index in [-0.39, 0.29) is 0 Å². The van der Waals surface area contributed by atoms with Crippen molar-refractivity contribution < 1.29 is 0 Å². The van der Waals surface area contributed by atoms with Crippen molar-refractivity contribution in [2.24, 2.45) is 4.99 Å². The molecule has 0 bridgehead atoms. The third-order valence-corrected chi connectivity index (χ3v) is 3.81. The van der Waals surface area contributed by atoms with Gasteiger partial charge in [-0.25, -0.2) is 4.68 Å². The molecule has 0 radical (unpaired) electrons. The van der Waals surface area contributed by atoms with Gasteiger partial charge in [-0.2, -0.15) is 5.10 Å². The summed E-state index contributed by atoms with van der Waals surface area (Å²) >= 11 is 7.93. The van der Waals surface area contributed by atoms with E-state index in [0.29, 0.717) is 5.15 Å². The number of hydrogen-bond acceptors (Lipinski definition) is 3. The van der Waals surface area contributed by atoms with Gasteiger partial charge in [0.1, 0.15) is 5.69 Å². The van der Waals surface area contributed by atoms with Gasteiger partial charge in [-0.05, 0) is 25.7 Å². The molecule has 0 aliphatic heterocycles. The molecule has 0 saturated carbocycles. The molecule has 0 aromatic carbocycles. The van der Waals surface area contributed by atoms with Crippen LogP contribution in [0.2, 0.25) is 5.15 Å². The Morgan fingerprint density at radius 1 is 1.60 bits per heavy atom. The molecule has 20 heavy (non-hydrogen) atoms. The summed E-state index contributed by atoms with van der Waals surface area (Å²) in [5.74, 6) is 0.963. The highest BCUT2D eigenvalue weighted by Gasteiger charge is 2.16. The number of aliphatic imine (C=N–C) groups is 1. The first-order chi connectivity index (χ1) is 9.54. The van der Waals surface area contributed by atoms with Gasteiger partial charge in [0.2, 0.25) is 0 Å². The molecule has 0 fully saturated rings. The van der Waals surface area contributed by atoms with Crippen LogP contribution in [0, 0.1) is 0 Å². The number of halogens is 1. The Kier molecular flexibility index (Phi) is 6.88. The van der Waals surface area contributed by atoms with Crippen LogP contribution < -0.4 is 4.90 Å². The summed E-state index contributed by atoms with van der Waals surface area (Å²) in [7, 11) is 1.96. The van der Waals surface area contributed by atoms with Crippen molar-refractivity contribution in [3.63, 3.8) is 0 Å². The molecule has 0 aliphatic rings. The maximum atomic E-state index is 6.24. The smallest absolute Gasteiger partial charge is 0.175 e. The van der Waals surface area contributed by atoms with Gasteiger partial charge >= 0.3 is 0 Å². The van der Waals surface area contributed by atoms with Crippen molar-refractivity contribution in [1.29, 1.82) is 0 Å². The monoisotopic (exact) mass is 312 g/mol.